The molecule has 0 aliphatic heterocycles. The largest absolute Gasteiger partial charge is 0.480 e. The Morgan fingerprint density at radius 1 is 1.20 bits per heavy atom. The van der Waals surface area contributed by atoms with E-state index in [2.05, 4.69) is 20.7 Å². The van der Waals surface area contributed by atoms with Crippen LogP contribution in [0.25, 0.3) is 0 Å². The van der Waals surface area contributed by atoms with Gasteiger partial charge in [-0.2, -0.15) is 0 Å². The van der Waals surface area contributed by atoms with Crippen LogP contribution in [-0.2, 0) is 19.1 Å². The van der Waals surface area contributed by atoms with Crippen LogP contribution in [0.2, 0.25) is 0 Å². The lowest BCUT2D eigenvalue weighted by atomic mass is 10.2. The number of carboxylic acids is 1. The second-order valence-corrected chi connectivity index (χ2v) is 3.91. The molecule has 3 amide bonds. The van der Waals surface area contributed by atoms with E-state index in [-0.39, 0.29) is 0 Å². The van der Waals surface area contributed by atoms with Gasteiger partial charge in [0, 0.05) is 6.54 Å². The molecule has 0 heterocycles. The monoisotopic (exact) mass is 289 g/mol. The van der Waals surface area contributed by atoms with Crippen LogP contribution in [0.3, 0.4) is 0 Å². The molecular weight excluding hydrogens is 270 g/mol. The van der Waals surface area contributed by atoms with Crippen molar-refractivity contribution in [1.29, 1.82) is 0 Å². The highest BCUT2D eigenvalue weighted by molar-refractivity contribution is 5.89. The number of amides is 3. The van der Waals surface area contributed by atoms with Crippen LogP contribution in [0.5, 0.6) is 0 Å². The smallest absolute Gasteiger partial charge is 0.326 e. The average molecular weight is 289 g/mol. The second-order valence-electron chi connectivity index (χ2n) is 3.91. The molecule has 2 atom stereocenters. The summed E-state index contributed by atoms with van der Waals surface area (Å²) >= 11 is 0. The van der Waals surface area contributed by atoms with Crippen LogP contribution in [0.1, 0.15) is 20.3 Å². The molecule has 1 unspecified atom stereocenters. The Morgan fingerprint density at radius 3 is 2.25 bits per heavy atom. The van der Waals surface area contributed by atoms with Gasteiger partial charge in [-0.25, -0.2) is 9.59 Å². The Hall–Kier alpha value is -2.32. The molecule has 0 aromatic rings. The van der Waals surface area contributed by atoms with Crippen LogP contribution < -0.4 is 16.0 Å². The van der Waals surface area contributed by atoms with Crippen molar-refractivity contribution in [3.63, 3.8) is 0 Å². The molecule has 0 rings (SSSR count). The lowest BCUT2D eigenvalue weighted by molar-refractivity contribution is -0.147. The fourth-order valence-corrected chi connectivity index (χ4v) is 1.24. The number of carboxylic acid groups (broad SMARTS) is 1. The maximum atomic E-state index is 11.5. The van der Waals surface area contributed by atoms with Crippen molar-refractivity contribution in [2.24, 2.45) is 0 Å². The van der Waals surface area contributed by atoms with E-state index < -0.39 is 42.4 Å². The van der Waals surface area contributed by atoms with Crippen molar-refractivity contribution in [1.82, 2.24) is 16.0 Å². The molecule has 9 nitrogen and oxygen atoms in total. The van der Waals surface area contributed by atoms with Gasteiger partial charge < -0.3 is 25.8 Å². The molecule has 114 valence electrons. The van der Waals surface area contributed by atoms with Crippen molar-refractivity contribution >= 4 is 23.9 Å². The van der Waals surface area contributed by atoms with E-state index in [1.807, 2.05) is 0 Å². The fourth-order valence-electron chi connectivity index (χ4n) is 1.24. The van der Waals surface area contributed by atoms with Crippen LogP contribution in [0.15, 0.2) is 0 Å². The summed E-state index contributed by atoms with van der Waals surface area (Å²) in [7, 11) is 1.11. The maximum absolute atomic E-state index is 11.5. The van der Waals surface area contributed by atoms with Gasteiger partial charge in [0.25, 0.3) is 0 Å². The standard InChI is InChI=1S/C11H19N3O6/c1-4-12-9(16)6(2)13-11(19)14-7(10(17)18)5-8(15)20-3/h6-7H,4-5H2,1-3H3,(H,12,16)(H,17,18)(H2,13,14,19)/t6?,7-/m0/s1. The van der Waals surface area contributed by atoms with Crippen LogP contribution in [-0.4, -0.2) is 54.7 Å². The SMILES string of the molecule is CCNC(=O)C(C)NC(=O)N[C@@H](CC(=O)OC)C(=O)O. The van der Waals surface area contributed by atoms with Crippen LogP contribution >= 0.6 is 0 Å². The molecule has 0 aliphatic carbocycles. The molecule has 0 aromatic heterocycles. The summed E-state index contributed by atoms with van der Waals surface area (Å²) in [6.07, 6.45) is -0.505. The first-order valence-electron chi connectivity index (χ1n) is 5.96. The van der Waals surface area contributed by atoms with Gasteiger partial charge in [-0.15, -0.1) is 0 Å². The number of ether oxygens (including phenoxy) is 1. The quantitative estimate of drug-likeness (QED) is 0.436. The fraction of sp³-hybridized carbons (Fsp3) is 0.636. The lowest BCUT2D eigenvalue weighted by Crippen LogP contribution is -2.52. The lowest BCUT2D eigenvalue weighted by Gasteiger charge is -2.17. The van der Waals surface area contributed by atoms with E-state index in [9.17, 15) is 19.2 Å². The van der Waals surface area contributed by atoms with E-state index in [4.69, 9.17) is 5.11 Å². The Labute approximate surface area is 116 Å². The minimum Gasteiger partial charge on any atom is -0.480 e. The van der Waals surface area contributed by atoms with Gasteiger partial charge in [-0.3, -0.25) is 9.59 Å². The summed E-state index contributed by atoms with van der Waals surface area (Å²) in [4.78, 5) is 44.8. The maximum Gasteiger partial charge on any atom is 0.326 e. The summed E-state index contributed by atoms with van der Waals surface area (Å²) in [5, 5.41) is 15.7. The summed E-state index contributed by atoms with van der Waals surface area (Å²) in [5.74, 6) is -2.55. The number of urea groups is 1. The van der Waals surface area contributed by atoms with E-state index >= 15 is 0 Å². The van der Waals surface area contributed by atoms with Gasteiger partial charge in [-0.1, -0.05) is 0 Å². The first-order chi connectivity index (χ1) is 9.31. The van der Waals surface area contributed by atoms with Crippen molar-refractivity contribution in [3.8, 4) is 0 Å². The molecule has 0 saturated carbocycles. The Kier molecular flexibility index (Phi) is 7.71. The zero-order valence-corrected chi connectivity index (χ0v) is 11.6. The second kappa shape index (κ2) is 8.73. The topological polar surface area (TPSA) is 134 Å². The van der Waals surface area contributed by atoms with E-state index in [0.717, 1.165) is 7.11 Å². The third kappa shape index (κ3) is 6.57. The average Bonchev–Trinajstić information content (AvgIpc) is 2.37. The Bertz CT molecular complexity index is 384. The molecule has 4 N–H and O–H groups in total. The van der Waals surface area contributed by atoms with Crippen LogP contribution in [0, 0.1) is 0 Å². The van der Waals surface area contributed by atoms with Crippen molar-refractivity contribution in [2.75, 3.05) is 13.7 Å². The third-order valence-electron chi connectivity index (χ3n) is 2.29. The van der Waals surface area contributed by atoms with Crippen LogP contribution in [0.4, 0.5) is 4.79 Å². The number of carbonyl (C=O) groups excluding carboxylic acids is 3. The van der Waals surface area contributed by atoms with Gasteiger partial charge in [-0.05, 0) is 13.8 Å². The van der Waals surface area contributed by atoms with Gasteiger partial charge in [0.1, 0.15) is 12.1 Å². The van der Waals surface area contributed by atoms with Crippen molar-refractivity contribution in [2.45, 2.75) is 32.4 Å². The minimum absolute atomic E-state index is 0.400. The highest BCUT2D eigenvalue weighted by atomic mass is 16.5. The number of esters is 1. The van der Waals surface area contributed by atoms with E-state index in [0.29, 0.717) is 6.54 Å². The molecule has 0 aliphatic rings. The zero-order valence-electron chi connectivity index (χ0n) is 11.6. The Balaban J connectivity index is 4.43. The number of rotatable bonds is 7. The normalized spacial score (nSPS) is 12.8. The number of hydrogen-bond donors (Lipinski definition) is 4. The number of likely N-dealkylation sites (N-methyl/N-ethyl adjacent to an activating group) is 1. The Morgan fingerprint density at radius 2 is 1.80 bits per heavy atom. The molecule has 9 heteroatoms. The van der Waals surface area contributed by atoms with Gasteiger partial charge in [0.05, 0.1) is 13.5 Å². The first-order valence-corrected chi connectivity index (χ1v) is 5.96. The number of nitrogens with one attached hydrogen (secondary N) is 3. The zero-order chi connectivity index (χ0) is 15.7. The van der Waals surface area contributed by atoms with Gasteiger partial charge >= 0.3 is 18.0 Å². The highest BCUT2D eigenvalue weighted by Gasteiger charge is 2.25. The number of aliphatic carboxylic acids is 1. The molecule has 0 aromatic carbocycles. The third-order valence-corrected chi connectivity index (χ3v) is 2.29. The molecule has 0 bridgehead atoms. The molecule has 0 radical (unpaired) electrons. The van der Waals surface area contributed by atoms with E-state index in [1.165, 1.54) is 6.92 Å². The number of hydrogen-bond acceptors (Lipinski definition) is 5. The highest BCUT2D eigenvalue weighted by Crippen LogP contribution is 1.95. The molecular formula is C11H19N3O6. The summed E-state index contributed by atoms with van der Waals surface area (Å²) in [6.45, 7) is 3.58. The van der Waals surface area contributed by atoms with Gasteiger partial charge in [0.2, 0.25) is 5.91 Å². The van der Waals surface area contributed by atoms with Gasteiger partial charge in [0.15, 0.2) is 0 Å². The van der Waals surface area contributed by atoms with E-state index in [1.54, 1.807) is 6.92 Å². The molecule has 0 saturated heterocycles. The number of carbonyl (C=O) groups is 4. The van der Waals surface area contributed by atoms with Crippen molar-refractivity contribution in [3.05, 3.63) is 0 Å². The first kappa shape index (κ1) is 17.7. The minimum atomic E-state index is -1.43. The molecule has 0 spiro atoms. The predicted molar refractivity (Wildman–Crippen MR) is 67.9 cm³/mol. The number of methoxy groups -OCH3 is 1. The summed E-state index contributed by atoms with van der Waals surface area (Å²) < 4.78 is 4.33. The summed E-state index contributed by atoms with van der Waals surface area (Å²) in [6, 6.07) is -3.12. The molecule has 20 heavy (non-hydrogen) atoms. The molecule has 0 fully saturated rings. The summed E-state index contributed by atoms with van der Waals surface area (Å²) in [5.41, 5.74) is 0. The van der Waals surface area contributed by atoms with Crippen molar-refractivity contribution < 1.29 is 29.0 Å². The predicted octanol–water partition coefficient (Wildman–Crippen LogP) is -1.17.